The highest BCUT2D eigenvalue weighted by Gasteiger charge is 2.18. The van der Waals surface area contributed by atoms with Crippen LogP contribution in [0.15, 0.2) is 60.8 Å². The number of methoxy groups -OCH3 is 1. The van der Waals surface area contributed by atoms with E-state index in [1.807, 2.05) is 54.7 Å². The van der Waals surface area contributed by atoms with Crippen molar-refractivity contribution in [1.82, 2.24) is 19.3 Å². The first kappa shape index (κ1) is 19.1. The van der Waals surface area contributed by atoms with Gasteiger partial charge >= 0.3 is 0 Å². The van der Waals surface area contributed by atoms with Crippen LogP contribution in [0.1, 0.15) is 22.7 Å². The summed E-state index contributed by atoms with van der Waals surface area (Å²) in [6.07, 6.45) is 4.11. The first-order valence-electron chi connectivity index (χ1n) is 10.3. The molecule has 0 saturated carbocycles. The van der Waals surface area contributed by atoms with Gasteiger partial charge in [-0.2, -0.15) is 5.10 Å². The number of aromatic nitrogens is 4. The highest BCUT2D eigenvalue weighted by molar-refractivity contribution is 6.03. The second kappa shape index (κ2) is 7.75. The van der Waals surface area contributed by atoms with E-state index in [4.69, 9.17) is 4.74 Å². The molecule has 0 bridgehead atoms. The minimum Gasteiger partial charge on any atom is -0.496 e. The van der Waals surface area contributed by atoms with Crippen molar-refractivity contribution in [3.63, 3.8) is 0 Å². The fraction of sp³-hybridized carbons (Fsp3) is 0.208. The minimum atomic E-state index is -0.214. The fourth-order valence-corrected chi connectivity index (χ4v) is 4.08. The molecule has 5 rings (SSSR count). The summed E-state index contributed by atoms with van der Waals surface area (Å²) in [5, 5.41) is 7.46. The lowest BCUT2D eigenvalue weighted by Crippen LogP contribution is -2.15. The summed E-state index contributed by atoms with van der Waals surface area (Å²) in [4.78, 5) is 17.4. The molecule has 0 saturated heterocycles. The van der Waals surface area contributed by atoms with Crippen LogP contribution in [0.3, 0.4) is 0 Å². The molecule has 0 spiro atoms. The Morgan fingerprint density at radius 3 is 2.74 bits per heavy atom. The zero-order valence-corrected chi connectivity index (χ0v) is 17.5. The normalized spacial score (nSPS) is 12.6. The molecule has 156 valence electrons. The van der Waals surface area contributed by atoms with Crippen LogP contribution in [0.25, 0.3) is 22.5 Å². The molecule has 7 nitrogen and oxygen atoms in total. The Hall–Kier alpha value is -3.87. The molecule has 2 aromatic heterocycles. The lowest BCUT2D eigenvalue weighted by Gasteiger charge is -2.08. The zero-order valence-electron chi connectivity index (χ0n) is 17.5. The molecule has 0 atom stereocenters. The van der Waals surface area contributed by atoms with Gasteiger partial charge in [0.15, 0.2) is 0 Å². The van der Waals surface area contributed by atoms with Crippen LogP contribution in [0.4, 0.5) is 5.69 Å². The van der Waals surface area contributed by atoms with Crippen LogP contribution in [0.2, 0.25) is 0 Å². The fourth-order valence-electron chi connectivity index (χ4n) is 4.08. The number of rotatable bonds is 5. The molecule has 0 radical (unpaired) electrons. The van der Waals surface area contributed by atoms with Crippen molar-refractivity contribution < 1.29 is 9.53 Å². The molecule has 31 heavy (non-hydrogen) atoms. The molecule has 1 amide bonds. The highest BCUT2D eigenvalue weighted by Crippen LogP contribution is 2.29. The second-order valence-corrected chi connectivity index (χ2v) is 7.59. The van der Waals surface area contributed by atoms with Gasteiger partial charge in [0.05, 0.1) is 24.7 Å². The van der Waals surface area contributed by atoms with E-state index in [1.165, 1.54) is 0 Å². The van der Waals surface area contributed by atoms with Gasteiger partial charge in [0, 0.05) is 31.3 Å². The molecule has 1 aliphatic heterocycles. The van der Waals surface area contributed by atoms with Crippen molar-refractivity contribution in [2.45, 2.75) is 19.4 Å². The van der Waals surface area contributed by atoms with Gasteiger partial charge in [-0.05, 0) is 42.3 Å². The van der Waals surface area contributed by atoms with E-state index < -0.39 is 0 Å². The zero-order chi connectivity index (χ0) is 21.4. The minimum absolute atomic E-state index is 0.214. The number of amides is 1. The number of benzene rings is 2. The quantitative estimate of drug-likeness (QED) is 0.533. The Bertz CT molecular complexity index is 1250. The summed E-state index contributed by atoms with van der Waals surface area (Å²) in [6, 6.07) is 17.3. The average Bonchev–Trinajstić information content (AvgIpc) is 3.50. The van der Waals surface area contributed by atoms with E-state index in [1.54, 1.807) is 24.9 Å². The van der Waals surface area contributed by atoms with Gasteiger partial charge in [0.25, 0.3) is 5.91 Å². The van der Waals surface area contributed by atoms with Gasteiger partial charge in [-0.15, -0.1) is 0 Å². The first-order valence-corrected chi connectivity index (χ1v) is 10.3. The van der Waals surface area contributed by atoms with Crippen molar-refractivity contribution in [3.8, 4) is 28.3 Å². The van der Waals surface area contributed by atoms with Gasteiger partial charge in [0.1, 0.15) is 17.3 Å². The number of ether oxygens (including phenoxy) is 1. The van der Waals surface area contributed by atoms with Gasteiger partial charge in [-0.1, -0.05) is 24.3 Å². The number of fused-ring (bicyclic) bond motifs is 1. The number of carbonyl (C=O) groups excluding carboxylic acids is 1. The van der Waals surface area contributed by atoms with Crippen molar-refractivity contribution in [2.75, 3.05) is 12.4 Å². The maximum Gasteiger partial charge on any atom is 0.273 e. The summed E-state index contributed by atoms with van der Waals surface area (Å²) in [6.45, 7) is 1.01. The van der Waals surface area contributed by atoms with Crippen LogP contribution in [0, 0.1) is 0 Å². The third-order valence-electron chi connectivity index (χ3n) is 5.65. The van der Waals surface area contributed by atoms with Crippen molar-refractivity contribution >= 4 is 11.6 Å². The number of nitrogens with zero attached hydrogens (tertiary/aromatic N) is 4. The van der Waals surface area contributed by atoms with Crippen molar-refractivity contribution in [1.29, 1.82) is 0 Å². The predicted molar refractivity (Wildman–Crippen MR) is 119 cm³/mol. The van der Waals surface area contributed by atoms with Crippen LogP contribution >= 0.6 is 0 Å². The van der Waals surface area contributed by atoms with Crippen LogP contribution in [-0.2, 0) is 20.0 Å². The van der Waals surface area contributed by atoms with E-state index in [9.17, 15) is 4.79 Å². The number of aryl methyl sites for hydroxylation is 2. The molecular weight excluding hydrogens is 390 g/mol. The summed E-state index contributed by atoms with van der Waals surface area (Å²) < 4.78 is 9.27. The smallest absolute Gasteiger partial charge is 0.273 e. The maximum absolute atomic E-state index is 12.9. The van der Waals surface area contributed by atoms with E-state index >= 15 is 0 Å². The van der Waals surface area contributed by atoms with Crippen LogP contribution in [0.5, 0.6) is 5.75 Å². The van der Waals surface area contributed by atoms with Crippen LogP contribution in [-0.4, -0.2) is 32.3 Å². The maximum atomic E-state index is 12.9. The molecule has 4 aromatic rings. The number of anilines is 1. The molecule has 1 N–H and O–H groups in total. The predicted octanol–water partition coefficient (Wildman–Crippen LogP) is 4.16. The third kappa shape index (κ3) is 3.48. The number of imidazole rings is 1. The Balaban J connectivity index is 1.35. The molecule has 3 heterocycles. The Labute approximate surface area is 180 Å². The summed E-state index contributed by atoms with van der Waals surface area (Å²) in [5.41, 5.74) is 4.96. The van der Waals surface area contributed by atoms with Crippen molar-refractivity contribution in [3.05, 3.63) is 72.3 Å². The largest absolute Gasteiger partial charge is 0.496 e. The number of para-hydroxylation sites is 1. The van der Waals surface area contributed by atoms with Crippen molar-refractivity contribution in [2.24, 2.45) is 7.05 Å². The van der Waals surface area contributed by atoms with Gasteiger partial charge in [-0.3, -0.25) is 9.48 Å². The van der Waals surface area contributed by atoms with Gasteiger partial charge < -0.3 is 14.6 Å². The molecule has 7 heteroatoms. The average molecular weight is 413 g/mol. The molecule has 1 aliphatic rings. The lowest BCUT2D eigenvalue weighted by molar-refractivity contribution is 0.101. The van der Waals surface area contributed by atoms with Crippen LogP contribution < -0.4 is 10.1 Å². The molecular formula is C24H23N5O2. The van der Waals surface area contributed by atoms with E-state index in [0.29, 0.717) is 11.4 Å². The topological polar surface area (TPSA) is 74.0 Å². The van der Waals surface area contributed by atoms with E-state index in [0.717, 1.165) is 53.5 Å². The second-order valence-electron chi connectivity index (χ2n) is 7.59. The molecule has 0 fully saturated rings. The number of hydrogen-bond acceptors (Lipinski definition) is 4. The summed E-state index contributed by atoms with van der Waals surface area (Å²) >= 11 is 0. The monoisotopic (exact) mass is 413 g/mol. The first-order chi connectivity index (χ1) is 15.1. The Kier molecular flexibility index (Phi) is 4.78. The molecule has 2 aromatic carbocycles. The highest BCUT2D eigenvalue weighted by atomic mass is 16.5. The van der Waals surface area contributed by atoms with Gasteiger partial charge in [-0.25, -0.2) is 4.98 Å². The number of hydrogen-bond donors (Lipinski definition) is 1. The Morgan fingerprint density at radius 1 is 1.13 bits per heavy atom. The molecule has 0 unspecified atom stereocenters. The Morgan fingerprint density at radius 2 is 1.94 bits per heavy atom. The van der Waals surface area contributed by atoms with Gasteiger partial charge in [0.2, 0.25) is 0 Å². The number of nitrogens with one attached hydrogen (secondary N) is 1. The molecule has 0 aliphatic carbocycles. The van der Waals surface area contributed by atoms with E-state index in [-0.39, 0.29) is 5.91 Å². The lowest BCUT2D eigenvalue weighted by atomic mass is 10.1. The SMILES string of the molecule is COc1ccccc1-c1cc(C(=O)Nc2ccc(-c3cnc4n3CCC4)cc2)n(C)n1. The van der Waals surface area contributed by atoms with E-state index in [2.05, 4.69) is 20.0 Å². The summed E-state index contributed by atoms with van der Waals surface area (Å²) in [7, 11) is 3.38. The third-order valence-corrected chi connectivity index (χ3v) is 5.65. The number of carbonyl (C=O) groups is 1. The summed E-state index contributed by atoms with van der Waals surface area (Å²) in [5.74, 6) is 1.65. The standard InChI is InChI=1S/C24H23N5O2/c1-28-20(14-19(27-28)18-6-3-4-7-22(18)31-2)24(30)26-17-11-9-16(10-12-17)21-15-25-23-8-5-13-29(21)23/h3-4,6-7,9-12,14-15H,5,8,13H2,1-2H3,(H,26,30).